The van der Waals surface area contributed by atoms with Crippen LogP contribution in [-0.2, 0) is 12.7 Å². The second-order valence-corrected chi connectivity index (χ2v) is 7.75. The smallest absolute Gasteiger partial charge is 0.416 e. The molecule has 0 aliphatic heterocycles. The Morgan fingerprint density at radius 2 is 1.76 bits per heavy atom. The number of aromatic nitrogens is 1. The van der Waals surface area contributed by atoms with Crippen molar-refractivity contribution in [1.82, 2.24) is 10.3 Å². The van der Waals surface area contributed by atoms with E-state index in [1.165, 1.54) is 12.3 Å². The van der Waals surface area contributed by atoms with Crippen molar-refractivity contribution in [2.45, 2.75) is 26.1 Å². The first kappa shape index (κ1) is 24.2. The molecule has 172 valence electrons. The fourth-order valence-electron chi connectivity index (χ4n) is 2.77. The van der Waals surface area contributed by atoms with Gasteiger partial charge in [-0.25, -0.2) is 4.79 Å². The van der Waals surface area contributed by atoms with Crippen LogP contribution in [0.3, 0.4) is 0 Å². The van der Waals surface area contributed by atoms with Crippen molar-refractivity contribution >= 4 is 33.4 Å². The summed E-state index contributed by atoms with van der Waals surface area (Å²) in [6.45, 7) is 1.90. The van der Waals surface area contributed by atoms with Crippen LogP contribution in [0.2, 0.25) is 0 Å². The van der Waals surface area contributed by atoms with E-state index in [4.69, 9.17) is 4.74 Å². The van der Waals surface area contributed by atoms with Gasteiger partial charge in [-0.3, -0.25) is 9.78 Å². The molecular weight excluding hydrogens is 503 g/mol. The van der Waals surface area contributed by atoms with Crippen LogP contribution < -0.4 is 15.4 Å². The number of nitrogens with one attached hydrogen (secondary N) is 2. The van der Waals surface area contributed by atoms with E-state index < -0.39 is 17.8 Å². The number of amides is 2. The zero-order valence-electron chi connectivity index (χ0n) is 17.4. The van der Waals surface area contributed by atoms with Crippen molar-refractivity contribution in [3.63, 3.8) is 0 Å². The molecule has 0 aliphatic carbocycles. The minimum atomic E-state index is -4.51. The van der Waals surface area contributed by atoms with Gasteiger partial charge in [0.25, 0.3) is 0 Å². The monoisotopic (exact) mass is 521 g/mol. The molecule has 10 heteroatoms. The Morgan fingerprint density at radius 3 is 2.42 bits per heavy atom. The Hall–Kier alpha value is -3.40. The number of hydrogen-bond acceptors (Lipinski definition) is 4. The number of benzene rings is 2. The Kier molecular flexibility index (Phi) is 7.70. The third kappa shape index (κ3) is 6.79. The third-order valence-electron chi connectivity index (χ3n) is 4.49. The molecule has 0 saturated heterocycles. The molecular formula is C23H19BrF3N3O3. The number of halogens is 4. The molecule has 0 unspecified atom stereocenters. The lowest BCUT2D eigenvalue weighted by Gasteiger charge is -2.13. The summed E-state index contributed by atoms with van der Waals surface area (Å²) in [5, 5.41) is 4.99. The lowest BCUT2D eigenvalue weighted by molar-refractivity contribution is -0.137. The van der Waals surface area contributed by atoms with Gasteiger partial charge >= 0.3 is 12.2 Å². The summed E-state index contributed by atoms with van der Waals surface area (Å²) < 4.78 is 44.7. The number of carbonyl (C=O) groups excluding carboxylic acids is 2. The standard InChI is InChI=1S/C23H19BrF3N3O3/c1-2-21(31)20-12-17(9-10-28-20)33-16-6-3-14(4-7-16)13-29-22(32)30-19-11-15(23(25,26)27)5-8-18(19)24/h3-12H,2,13H2,1H3,(H2,29,30,32). The second kappa shape index (κ2) is 10.5. The predicted molar refractivity (Wildman–Crippen MR) is 120 cm³/mol. The largest absolute Gasteiger partial charge is 0.457 e. The van der Waals surface area contributed by atoms with Gasteiger partial charge < -0.3 is 15.4 Å². The molecule has 6 nitrogen and oxygen atoms in total. The van der Waals surface area contributed by atoms with E-state index in [1.807, 2.05) is 0 Å². The Bertz CT molecular complexity index is 1150. The number of urea groups is 1. The van der Waals surface area contributed by atoms with Gasteiger partial charge in [-0.2, -0.15) is 13.2 Å². The first-order chi connectivity index (χ1) is 15.7. The zero-order chi connectivity index (χ0) is 24.0. The van der Waals surface area contributed by atoms with Gasteiger partial charge in [0.05, 0.1) is 11.3 Å². The molecule has 33 heavy (non-hydrogen) atoms. The lowest BCUT2D eigenvalue weighted by atomic mass is 10.2. The van der Waals surface area contributed by atoms with Crippen LogP contribution in [0.5, 0.6) is 11.5 Å². The Morgan fingerprint density at radius 1 is 1.03 bits per heavy atom. The summed E-state index contributed by atoms with van der Waals surface area (Å²) in [6, 6.07) is 12.4. The molecule has 2 aromatic carbocycles. The number of nitrogens with zero attached hydrogens (tertiary/aromatic N) is 1. The number of Topliss-reactive ketones (excluding diaryl/α,β-unsaturated/α-hetero) is 1. The maximum absolute atomic E-state index is 12.9. The van der Waals surface area contributed by atoms with Crippen LogP contribution in [-0.4, -0.2) is 16.8 Å². The highest BCUT2D eigenvalue weighted by Gasteiger charge is 2.31. The van der Waals surface area contributed by atoms with E-state index in [0.717, 1.165) is 17.7 Å². The van der Waals surface area contributed by atoms with E-state index in [0.29, 0.717) is 28.1 Å². The van der Waals surface area contributed by atoms with Crippen molar-refractivity contribution < 1.29 is 27.5 Å². The number of alkyl halides is 3. The molecule has 3 rings (SSSR count). The molecule has 0 aliphatic rings. The number of anilines is 1. The molecule has 0 saturated carbocycles. The molecule has 0 bridgehead atoms. The van der Waals surface area contributed by atoms with Crippen LogP contribution in [0.15, 0.2) is 65.3 Å². The Labute approximate surface area is 196 Å². The molecule has 2 N–H and O–H groups in total. The number of ether oxygens (including phenoxy) is 1. The van der Waals surface area contributed by atoms with Crippen molar-refractivity contribution in [3.05, 3.63) is 82.1 Å². The first-order valence-electron chi connectivity index (χ1n) is 9.83. The van der Waals surface area contributed by atoms with E-state index in [1.54, 1.807) is 43.3 Å². The topological polar surface area (TPSA) is 80.3 Å². The Balaban J connectivity index is 1.57. The van der Waals surface area contributed by atoms with Crippen LogP contribution >= 0.6 is 15.9 Å². The van der Waals surface area contributed by atoms with Gasteiger partial charge in [-0.15, -0.1) is 0 Å². The highest BCUT2D eigenvalue weighted by molar-refractivity contribution is 9.10. The van der Waals surface area contributed by atoms with Gasteiger partial charge in [-0.1, -0.05) is 19.1 Å². The number of ketones is 1. The summed E-state index contributed by atoms with van der Waals surface area (Å²) in [5.74, 6) is 0.910. The van der Waals surface area contributed by atoms with Crippen LogP contribution in [0.25, 0.3) is 0 Å². The van der Waals surface area contributed by atoms with Crippen molar-refractivity contribution in [1.29, 1.82) is 0 Å². The molecule has 1 aromatic heterocycles. The lowest BCUT2D eigenvalue weighted by Crippen LogP contribution is -2.28. The SMILES string of the molecule is CCC(=O)c1cc(Oc2ccc(CNC(=O)Nc3cc(C(F)(F)F)ccc3Br)cc2)ccn1. The first-order valence-corrected chi connectivity index (χ1v) is 10.6. The molecule has 2 amide bonds. The van der Waals surface area contributed by atoms with Crippen LogP contribution in [0.4, 0.5) is 23.7 Å². The molecule has 0 radical (unpaired) electrons. The maximum Gasteiger partial charge on any atom is 0.416 e. The van der Waals surface area contributed by atoms with Crippen LogP contribution in [0, 0.1) is 0 Å². The average molecular weight is 522 g/mol. The highest BCUT2D eigenvalue weighted by Crippen LogP contribution is 2.34. The van der Waals surface area contributed by atoms with Crippen LogP contribution in [0.1, 0.15) is 35.0 Å². The van der Waals surface area contributed by atoms with Gasteiger partial charge in [0.1, 0.15) is 17.2 Å². The molecule has 1 heterocycles. The van der Waals surface area contributed by atoms with Crippen molar-refractivity contribution in [3.8, 4) is 11.5 Å². The zero-order valence-corrected chi connectivity index (χ0v) is 19.0. The van der Waals surface area contributed by atoms with E-state index in [9.17, 15) is 22.8 Å². The highest BCUT2D eigenvalue weighted by atomic mass is 79.9. The second-order valence-electron chi connectivity index (χ2n) is 6.90. The van der Waals surface area contributed by atoms with Gasteiger partial charge in [0.2, 0.25) is 0 Å². The summed E-state index contributed by atoms with van der Waals surface area (Å²) in [6.07, 6.45) is -2.67. The summed E-state index contributed by atoms with van der Waals surface area (Å²) in [4.78, 5) is 27.9. The third-order valence-corrected chi connectivity index (χ3v) is 5.18. The summed E-state index contributed by atoms with van der Waals surface area (Å²) in [7, 11) is 0. The minimum Gasteiger partial charge on any atom is -0.457 e. The number of pyridine rings is 1. The number of rotatable bonds is 7. The van der Waals surface area contributed by atoms with Crippen molar-refractivity contribution in [2.75, 3.05) is 5.32 Å². The molecule has 0 spiro atoms. The average Bonchev–Trinajstić information content (AvgIpc) is 2.79. The predicted octanol–water partition coefficient (Wildman–Crippen LogP) is 6.57. The number of hydrogen-bond donors (Lipinski definition) is 2. The van der Waals surface area contributed by atoms with Gasteiger partial charge in [0, 0.05) is 29.7 Å². The quantitative estimate of drug-likeness (QED) is 0.344. The fraction of sp³-hybridized carbons (Fsp3) is 0.174. The maximum atomic E-state index is 12.9. The van der Waals surface area contributed by atoms with Crippen molar-refractivity contribution in [2.24, 2.45) is 0 Å². The normalized spacial score (nSPS) is 11.1. The molecule has 0 atom stereocenters. The molecule has 3 aromatic rings. The fourth-order valence-corrected chi connectivity index (χ4v) is 3.11. The van der Waals surface area contributed by atoms with E-state index >= 15 is 0 Å². The minimum absolute atomic E-state index is 0.00403. The number of carbonyl (C=O) groups is 2. The van der Waals surface area contributed by atoms with E-state index in [-0.39, 0.29) is 18.0 Å². The summed E-state index contributed by atoms with van der Waals surface area (Å²) >= 11 is 3.13. The van der Waals surface area contributed by atoms with Gasteiger partial charge in [-0.05, 0) is 57.9 Å². The molecule has 0 fully saturated rings. The van der Waals surface area contributed by atoms with E-state index in [2.05, 4.69) is 31.5 Å². The summed E-state index contributed by atoms with van der Waals surface area (Å²) in [5.41, 5.74) is 0.216. The van der Waals surface area contributed by atoms with Gasteiger partial charge in [0.15, 0.2) is 5.78 Å².